The normalized spacial score (nSPS) is 24.1. The zero-order valence-corrected chi connectivity index (χ0v) is 9.96. The molecule has 0 amide bonds. The molecule has 0 bridgehead atoms. The van der Waals surface area contributed by atoms with Crippen molar-refractivity contribution in [2.24, 2.45) is 11.7 Å². The number of pyridine rings is 1. The van der Waals surface area contributed by atoms with Crippen LogP contribution in [0.15, 0.2) is 12.1 Å². The molecule has 6 nitrogen and oxygen atoms in total. The van der Waals surface area contributed by atoms with Gasteiger partial charge in [-0.25, -0.2) is 4.98 Å². The van der Waals surface area contributed by atoms with E-state index in [1.165, 1.54) is 6.07 Å². The van der Waals surface area contributed by atoms with Crippen LogP contribution in [0.1, 0.15) is 12.6 Å². The second-order valence-corrected chi connectivity index (χ2v) is 4.58. The molecule has 1 aromatic rings. The summed E-state index contributed by atoms with van der Waals surface area (Å²) in [6.07, 6.45) is 0. The molecule has 92 valence electrons. The van der Waals surface area contributed by atoms with Crippen LogP contribution in [0.3, 0.4) is 0 Å². The summed E-state index contributed by atoms with van der Waals surface area (Å²) >= 11 is 0. The Morgan fingerprint density at radius 1 is 1.53 bits per heavy atom. The van der Waals surface area contributed by atoms with E-state index in [1.807, 2.05) is 0 Å². The van der Waals surface area contributed by atoms with E-state index in [-0.39, 0.29) is 11.7 Å². The molecule has 2 heterocycles. The van der Waals surface area contributed by atoms with E-state index >= 15 is 0 Å². The molecule has 2 atom stereocenters. The summed E-state index contributed by atoms with van der Waals surface area (Å²) in [4.78, 5) is 16.6. The monoisotopic (exact) mass is 236 g/mol. The summed E-state index contributed by atoms with van der Waals surface area (Å²) in [6, 6.07) is 3.34. The molecule has 1 aliphatic rings. The van der Waals surface area contributed by atoms with Crippen molar-refractivity contribution in [1.82, 2.24) is 4.98 Å². The minimum atomic E-state index is -0.412. The van der Waals surface area contributed by atoms with Gasteiger partial charge in [0.05, 0.1) is 4.92 Å². The highest BCUT2D eigenvalue weighted by atomic mass is 16.6. The molecular formula is C11H16N4O2. The van der Waals surface area contributed by atoms with Gasteiger partial charge in [0, 0.05) is 25.2 Å². The van der Waals surface area contributed by atoms with Crippen molar-refractivity contribution in [2.45, 2.75) is 19.9 Å². The Labute approximate surface area is 99.6 Å². The van der Waals surface area contributed by atoms with Gasteiger partial charge in [-0.3, -0.25) is 10.1 Å². The molecule has 1 aliphatic heterocycles. The van der Waals surface area contributed by atoms with Crippen LogP contribution in [0.4, 0.5) is 11.5 Å². The smallest absolute Gasteiger partial charge is 0.290 e. The maximum absolute atomic E-state index is 10.7. The van der Waals surface area contributed by atoms with Gasteiger partial charge in [0.2, 0.25) is 0 Å². The van der Waals surface area contributed by atoms with E-state index < -0.39 is 4.92 Å². The van der Waals surface area contributed by atoms with Crippen LogP contribution in [-0.2, 0) is 0 Å². The molecule has 0 spiro atoms. The molecule has 0 saturated carbocycles. The maximum atomic E-state index is 10.7. The summed E-state index contributed by atoms with van der Waals surface area (Å²) in [5.41, 5.74) is 6.45. The van der Waals surface area contributed by atoms with E-state index in [2.05, 4.69) is 16.8 Å². The zero-order chi connectivity index (χ0) is 12.6. The van der Waals surface area contributed by atoms with Crippen molar-refractivity contribution in [3.05, 3.63) is 27.9 Å². The van der Waals surface area contributed by atoms with E-state index in [9.17, 15) is 10.1 Å². The van der Waals surface area contributed by atoms with Gasteiger partial charge >= 0.3 is 0 Å². The first-order valence-corrected chi connectivity index (χ1v) is 5.61. The van der Waals surface area contributed by atoms with Gasteiger partial charge in [0.25, 0.3) is 5.69 Å². The van der Waals surface area contributed by atoms with Crippen molar-refractivity contribution in [2.75, 3.05) is 18.0 Å². The quantitative estimate of drug-likeness (QED) is 0.613. The molecule has 0 aromatic carbocycles. The number of nitro groups is 1. The van der Waals surface area contributed by atoms with Crippen molar-refractivity contribution in [1.29, 1.82) is 0 Å². The van der Waals surface area contributed by atoms with E-state index in [4.69, 9.17) is 5.73 Å². The van der Waals surface area contributed by atoms with E-state index in [1.54, 1.807) is 13.0 Å². The molecule has 0 aliphatic carbocycles. The third-order valence-electron chi connectivity index (χ3n) is 3.23. The van der Waals surface area contributed by atoms with Gasteiger partial charge in [0.15, 0.2) is 0 Å². The number of nitrogens with two attached hydrogens (primary N) is 1. The third-order valence-corrected chi connectivity index (χ3v) is 3.23. The highest BCUT2D eigenvalue weighted by Gasteiger charge is 2.28. The van der Waals surface area contributed by atoms with Crippen LogP contribution in [0, 0.1) is 23.0 Å². The predicted octanol–water partition coefficient (Wildman–Crippen LogP) is 1.08. The highest BCUT2D eigenvalue weighted by Crippen LogP contribution is 2.24. The maximum Gasteiger partial charge on any atom is 0.290 e. The van der Waals surface area contributed by atoms with Crippen LogP contribution >= 0.6 is 0 Å². The lowest BCUT2D eigenvalue weighted by atomic mass is 10.1. The first-order chi connectivity index (χ1) is 7.99. The lowest BCUT2D eigenvalue weighted by Crippen LogP contribution is -2.28. The largest absolute Gasteiger partial charge is 0.355 e. The molecule has 0 radical (unpaired) electrons. The van der Waals surface area contributed by atoms with Crippen LogP contribution in [0.2, 0.25) is 0 Å². The van der Waals surface area contributed by atoms with Gasteiger partial charge in [-0.05, 0) is 18.9 Å². The first-order valence-electron chi connectivity index (χ1n) is 5.61. The minimum Gasteiger partial charge on any atom is -0.355 e. The molecule has 17 heavy (non-hydrogen) atoms. The fourth-order valence-corrected chi connectivity index (χ4v) is 2.09. The SMILES string of the molecule is Cc1nc(N2CC(C)C(N)C2)ccc1[N+](=O)[O-]. The highest BCUT2D eigenvalue weighted by molar-refractivity contribution is 5.47. The predicted molar refractivity (Wildman–Crippen MR) is 65.0 cm³/mol. The summed E-state index contributed by atoms with van der Waals surface area (Å²) in [6.45, 7) is 5.36. The average molecular weight is 236 g/mol. The van der Waals surface area contributed by atoms with Gasteiger partial charge in [-0.15, -0.1) is 0 Å². The molecular weight excluding hydrogens is 220 g/mol. The Hall–Kier alpha value is -1.69. The average Bonchev–Trinajstić information content (AvgIpc) is 2.58. The van der Waals surface area contributed by atoms with Crippen LogP contribution in [0.25, 0.3) is 0 Å². The number of nitrogens with zero attached hydrogens (tertiary/aromatic N) is 3. The topological polar surface area (TPSA) is 85.3 Å². The molecule has 2 unspecified atom stereocenters. The molecule has 2 N–H and O–H groups in total. The Bertz CT molecular complexity index is 439. The number of aryl methyl sites for hydroxylation is 1. The number of hydrogen-bond acceptors (Lipinski definition) is 5. The van der Waals surface area contributed by atoms with Crippen molar-refractivity contribution < 1.29 is 4.92 Å². The number of rotatable bonds is 2. The van der Waals surface area contributed by atoms with E-state index in [0.29, 0.717) is 11.6 Å². The summed E-state index contributed by atoms with van der Waals surface area (Å²) < 4.78 is 0. The van der Waals surface area contributed by atoms with Crippen LogP contribution in [0.5, 0.6) is 0 Å². The fourth-order valence-electron chi connectivity index (χ4n) is 2.09. The Morgan fingerprint density at radius 2 is 2.24 bits per heavy atom. The standard InChI is InChI=1S/C11H16N4O2/c1-7-5-14(6-9(7)12)11-4-3-10(15(16)17)8(2)13-11/h3-4,7,9H,5-6,12H2,1-2H3. The molecule has 2 rings (SSSR count). The van der Waals surface area contributed by atoms with Crippen molar-refractivity contribution in [3.8, 4) is 0 Å². The molecule has 1 fully saturated rings. The zero-order valence-electron chi connectivity index (χ0n) is 9.96. The van der Waals surface area contributed by atoms with Crippen molar-refractivity contribution in [3.63, 3.8) is 0 Å². The lowest BCUT2D eigenvalue weighted by molar-refractivity contribution is -0.385. The third kappa shape index (κ3) is 2.21. The second-order valence-electron chi connectivity index (χ2n) is 4.58. The fraction of sp³-hybridized carbons (Fsp3) is 0.545. The summed E-state index contributed by atoms with van der Waals surface area (Å²) in [5, 5.41) is 10.7. The Morgan fingerprint density at radius 3 is 2.71 bits per heavy atom. The van der Waals surface area contributed by atoms with Gasteiger partial charge in [0.1, 0.15) is 11.5 Å². The number of hydrogen-bond donors (Lipinski definition) is 1. The Kier molecular flexibility index (Phi) is 2.97. The first kappa shape index (κ1) is 11.8. The van der Waals surface area contributed by atoms with Crippen molar-refractivity contribution >= 4 is 11.5 Å². The molecule has 1 aromatic heterocycles. The summed E-state index contributed by atoms with van der Waals surface area (Å²) in [5.74, 6) is 1.19. The van der Waals surface area contributed by atoms with Crippen LogP contribution < -0.4 is 10.6 Å². The minimum absolute atomic E-state index is 0.0605. The lowest BCUT2D eigenvalue weighted by Gasteiger charge is -2.17. The Balaban J connectivity index is 2.24. The summed E-state index contributed by atoms with van der Waals surface area (Å²) in [7, 11) is 0. The van der Waals surface area contributed by atoms with Gasteiger partial charge in [-0.1, -0.05) is 6.92 Å². The molecule has 6 heteroatoms. The molecule has 1 saturated heterocycles. The second kappa shape index (κ2) is 4.29. The number of anilines is 1. The number of aromatic nitrogens is 1. The van der Waals surface area contributed by atoms with Gasteiger partial charge < -0.3 is 10.6 Å². The van der Waals surface area contributed by atoms with Crippen LogP contribution in [-0.4, -0.2) is 29.0 Å². The van der Waals surface area contributed by atoms with Gasteiger partial charge in [-0.2, -0.15) is 0 Å². The van der Waals surface area contributed by atoms with E-state index in [0.717, 1.165) is 18.9 Å².